The quantitative estimate of drug-likeness (QED) is 0.409. The van der Waals surface area contributed by atoms with Crippen LogP contribution in [0.15, 0.2) is 60.7 Å². The predicted octanol–water partition coefficient (Wildman–Crippen LogP) is 5.40. The first-order valence-corrected chi connectivity index (χ1v) is 13.5. The molecule has 2 aromatic carbocycles. The normalized spacial score (nSPS) is 25.3. The van der Waals surface area contributed by atoms with Gasteiger partial charge in [-0.2, -0.15) is 0 Å². The van der Waals surface area contributed by atoms with Crippen LogP contribution in [-0.4, -0.2) is 36.2 Å². The van der Waals surface area contributed by atoms with Crippen molar-refractivity contribution in [3.05, 3.63) is 71.8 Å². The predicted molar refractivity (Wildman–Crippen MR) is 140 cm³/mol. The molecule has 0 spiro atoms. The summed E-state index contributed by atoms with van der Waals surface area (Å²) in [6, 6.07) is 21.2. The van der Waals surface area contributed by atoms with Gasteiger partial charge < -0.3 is 20.1 Å². The monoisotopic (exact) mass is 492 g/mol. The van der Waals surface area contributed by atoms with Crippen molar-refractivity contribution < 1.29 is 19.1 Å². The van der Waals surface area contributed by atoms with Gasteiger partial charge in [-0.05, 0) is 63.5 Å². The van der Waals surface area contributed by atoms with Gasteiger partial charge >= 0.3 is 11.9 Å². The van der Waals surface area contributed by atoms with Crippen LogP contribution in [0.1, 0.15) is 88.4 Å². The Labute approximate surface area is 215 Å². The van der Waals surface area contributed by atoms with Crippen LogP contribution >= 0.6 is 0 Å². The molecule has 194 valence electrons. The third kappa shape index (κ3) is 7.40. The number of nitrogens with one attached hydrogen (secondary N) is 2. The molecule has 4 rings (SSSR count). The van der Waals surface area contributed by atoms with Crippen LogP contribution in [0.5, 0.6) is 0 Å². The van der Waals surface area contributed by atoms with E-state index in [0.29, 0.717) is 0 Å². The molecule has 0 heterocycles. The third-order valence-electron chi connectivity index (χ3n) is 7.53. The summed E-state index contributed by atoms with van der Waals surface area (Å²) in [6.45, 7) is 4.27. The van der Waals surface area contributed by atoms with Crippen LogP contribution in [0.2, 0.25) is 0 Å². The summed E-state index contributed by atoms with van der Waals surface area (Å²) in [4.78, 5) is 25.1. The maximum absolute atomic E-state index is 12.5. The zero-order valence-corrected chi connectivity index (χ0v) is 21.5. The Morgan fingerprint density at radius 1 is 0.694 bits per heavy atom. The first kappa shape index (κ1) is 26.4. The van der Waals surface area contributed by atoms with Gasteiger partial charge in [0.2, 0.25) is 0 Å². The minimum atomic E-state index is -0.322. The first-order chi connectivity index (χ1) is 17.5. The smallest absolute Gasteiger partial charge is 0.306 e. The Morgan fingerprint density at radius 3 is 1.47 bits per heavy atom. The maximum Gasteiger partial charge on any atom is 0.306 e. The highest BCUT2D eigenvalue weighted by Gasteiger charge is 2.33. The number of carbonyl (C=O) groups excluding carboxylic acids is 2. The van der Waals surface area contributed by atoms with Crippen molar-refractivity contribution >= 4 is 11.9 Å². The van der Waals surface area contributed by atoms with Gasteiger partial charge in [-0.15, -0.1) is 0 Å². The second-order valence-electron chi connectivity index (χ2n) is 10.2. The molecule has 0 aromatic heterocycles. The topological polar surface area (TPSA) is 76.7 Å². The molecule has 0 amide bonds. The molecule has 6 nitrogen and oxygen atoms in total. The van der Waals surface area contributed by atoms with E-state index < -0.39 is 0 Å². The summed E-state index contributed by atoms with van der Waals surface area (Å²) in [7, 11) is 0. The van der Waals surface area contributed by atoms with Gasteiger partial charge in [-0.3, -0.25) is 9.59 Å². The molecule has 0 unspecified atom stereocenters. The van der Waals surface area contributed by atoms with Crippen LogP contribution in [0.3, 0.4) is 0 Å². The summed E-state index contributed by atoms with van der Waals surface area (Å²) in [5.74, 6) is -0.645. The molecular weight excluding hydrogens is 452 g/mol. The number of hydrogen-bond donors (Lipinski definition) is 2. The lowest BCUT2D eigenvalue weighted by atomic mass is 10.1. The Kier molecular flexibility index (Phi) is 9.54. The second kappa shape index (κ2) is 13.0. The van der Waals surface area contributed by atoms with Crippen molar-refractivity contribution in [2.45, 2.75) is 102 Å². The fraction of sp³-hybridized carbons (Fsp3) is 0.533. The fourth-order valence-corrected chi connectivity index (χ4v) is 5.49. The number of esters is 2. The van der Waals surface area contributed by atoms with E-state index in [2.05, 4.69) is 48.7 Å². The molecule has 2 saturated carbocycles. The van der Waals surface area contributed by atoms with E-state index >= 15 is 0 Å². The number of benzene rings is 2. The molecule has 2 aliphatic carbocycles. The molecule has 36 heavy (non-hydrogen) atoms. The molecule has 2 fully saturated rings. The van der Waals surface area contributed by atoms with Crippen molar-refractivity contribution in [2.75, 3.05) is 0 Å². The summed E-state index contributed by atoms with van der Waals surface area (Å²) < 4.78 is 11.6. The summed E-state index contributed by atoms with van der Waals surface area (Å²) in [6.07, 6.45) is 5.53. The Hall–Kier alpha value is -2.70. The van der Waals surface area contributed by atoms with Crippen LogP contribution in [0.4, 0.5) is 0 Å². The van der Waals surface area contributed by atoms with Crippen LogP contribution in [0.25, 0.3) is 0 Å². The summed E-state index contributed by atoms with van der Waals surface area (Å²) >= 11 is 0. The zero-order valence-electron chi connectivity index (χ0n) is 21.5. The van der Waals surface area contributed by atoms with Crippen molar-refractivity contribution in [3.8, 4) is 0 Å². The molecule has 2 N–H and O–H groups in total. The molecule has 6 heteroatoms. The number of rotatable bonds is 11. The van der Waals surface area contributed by atoms with E-state index in [1.807, 2.05) is 36.4 Å². The van der Waals surface area contributed by atoms with Crippen LogP contribution < -0.4 is 10.6 Å². The standard InChI is InChI=1S/C30H40N2O4/c1-21(23-11-5-3-6-12-23)31-25-15-9-17-27(25)35-29(33)19-20-30(34)36-28-18-10-16-26(28)32-22(2)24-13-7-4-8-14-24/h3-8,11-14,21-22,25-28,31-32H,9-10,15-20H2,1-2H3/t21-,22-,25-,26-,27-,28-/m0/s1. The van der Waals surface area contributed by atoms with Crippen molar-refractivity contribution in [2.24, 2.45) is 0 Å². The molecule has 0 aliphatic heterocycles. The fourth-order valence-electron chi connectivity index (χ4n) is 5.49. The van der Waals surface area contributed by atoms with E-state index in [0.717, 1.165) is 38.5 Å². The van der Waals surface area contributed by atoms with Gasteiger partial charge in [0.05, 0.1) is 12.8 Å². The molecule has 6 atom stereocenters. The zero-order chi connectivity index (χ0) is 25.3. The largest absolute Gasteiger partial charge is 0.461 e. The minimum Gasteiger partial charge on any atom is -0.461 e. The number of hydrogen-bond acceptors (Lipinski definition) is 6. The Bertz CT molecular complexity index is 888. The molecule has 2 aromatic rings. The highest BCUT2D eigenvalue weighted by Crippen LogP contribution is 2.27. The SMILES string of the molecule is C[C@H](N[C@H]1CCC[C@@H]1OC(=O)CCC(=O)O[C@H]1CCC[C@@H]1N[C@@H](C)c1ccccc1)c1ccccc1. The molecule has 0 bridgehead atoms. The van der Waals surface area contributed by atoms with E-state index in [-0.39, 0.29) is 61.2 Å². The first-order valence-electron chi connectivity index (χ1n) is 13.5. The summed E-state index contributed by atoms with van der Waals surface area (Å²) in [5, 5.41) is 7.24. The minimum absolute atomic E-state index is 0.0571. The van der Waals surface area contributed by atoms with Gasteiger partial charge in [0.1, 0.15) is 12.2 Å². The van der Waals surface area contributed by atoms with Crippen LogP contribution in [-0.2, 0) is 19.1 Å². The van der Waals surface area contributed by atoms with Crippen LogP contribution in [0, 0.1) is 0 Å². The average Bonchev–Trinajstić information content (AvgIpc) is 3.52. The van der Waals surface area contributed by atoms with E-state index in [4.69, 9.17) is 9.47 Å². The third-order valence-corrected chi connectivity index (χ3v) is 7.53. The lowest BCUT2D eigenvalue weighted by Crippen LogP contribution is -2.40. The van der Waals surface area contributed by atoms with Gasteiger partial charge in [0.25, 0.3) is 0 Å². The Balaban J connectivity index is 1.19. The van der Waals surface area contributed by atoms with E-state index in [1.54, 1.807) is 0 Å². The summed E-state index contributed by atoms with van der Waals surface area (Å²) in [5.41, 5.74) is 2.44. The number of ether oxygens (including phenoxy) is 2. The average molecular weight is 493 g/mol. The van der Waals surface area contributed by atoms with Gasteiger partial charge in [-0.25, -0.2) is 0 Å². The van der Waals surface area contributed by atoms with E-state index in [9.17, 15) is 9.59 Å². The van der Waals surface area contributed by atoms with E-state index in [1.165, 1.54) is 11.1 Å². The van der Waals surface area contributed by atoms with Gasteiger partial charge in [-0.1, -0.05) is 60.7 Å². The lowest BCUT2D eigenvalue weighted by Gasteiger charge is -2.26. The highest BCUT2D eigenvalue weighted by atomic mass is 16.6. The van der Waals surface area contributed by atoms with Crippen molar-refractivity contribution in [1.82, 2.24) is 10.6 Å². The lowest BCUT2D eigenvalue weighted by molar-refractivity contribution is -0.156. The molecule has 0 saturated heterocycles. The van der Waals surface area contributed by atoms with Crippen molar-refractivity contribution in [3.63, 3.8) is 0 Å². The van der Waals surface area contributed by atoms with Gasteiger partial charge in [0, 0.05) is 24.2 Å². The maximum atomic E-state index is 12.5. The molecular formula is C30H40N2O4. The van der Waals surface area contributed by atoms with Crippen molar-refractivity contribution in [1.29, 1.82) is 0 Å². The number of carbonyl (C=O) groups is 2. The molecule has 0 radical (unpaired) electrons. The second-order valence-corrected chi connectivity index (χ2v) is 10.2. The molecule has 2 aliphatic rings. The highest BCUT2D eigenvalue weighted by molar-refractivity contribution is 5.77. The Morgan fingerprint density at radius 2 is 1.08 bits per heavy atom. The van der Waals surface area contributed by atoms with Gasteiger partial charge in [0.15, 0.2) is 0 Å².